The fourth-order valence-electron chi connectivity index (χ4n) is 0.648. The number of ether oxygens (including phenoxy) is 1. The van der Waals surface area contributed by atoms with Gasteiger partial charge in [0.25, 0.3) is 0 Å². The SMILES string of the molecule is COc1cc(S)ccc1Br. The van der Waals surface area contributed by atoms with Crippen molar-refractivity contribution in [3.8, 4) is 5.75 Å². The van der Waals surface area contributed by atoms with Crippen LogP contribution in [-0.2, 0) is 0 Å². The molecule has 0 fully saturated rings. The van der Waals surface area contributed by atoms with Gasteiger partial charge in [-0.3, -0.25) is 0 Å². The minimum atomic E-state index is 0.813. The van der Waals surface area contributed by atoms with E-state index < -0.39 is 0 Å². The van der Waals surface area contributed by atoms with Gasteiger partial charge in [-0.25, -0.2) is 0 Å². The van der Waals surface area contributed by atoms with Crippen LogP contribution in [0, 0.1) is 0 Å². The van der Waals surface area contributed by atoms with Gasteiger partial charge in [0, 0.05) is 4.90 Å². The second-order valence-electron chi connectivity index (χ2n) is 1.82. The third kappa shape index (κ3) is 1.67. The van der Waals surface area contributed by atoms with E-state index in [0.717, 1.165) is 15.1 Å². The Morgan fingerprint density at radius 2 is 2.20 bits per heavy atom. The van der Waals surface area contributed by atoms with Crippen molar-refractivity contribution in [3.05, 3.63) is 22.7 Å². The lowest BCUT2D eigenvalue weighted by Gasteiger charge is -2.01. The molecule has 0 aliphatic heterocycles. The van der Waals surface area contributed by atoms with Crippen LogP contribution in [0.2, 0.25) is 0 Å². The highest BCUT2D eigenvalue weighted by atomic mass is 79.9. The van der Waals surface area contributed by atoms with Gasteiger partial charge in [0.15, 0.2) is 0 Å². The molecule has 0 saturated heterocycles. The van der Waals surface area contributed by atoms with Gasteiger partial charge in [-0.05, 0) is 34.1 Å². The van der Waals surface area contributed by atoms with E-state index in [2.05, 4.69) is 28.6 Å². The summed E-state index contributed by atoms with van der Waals surface area (Å²) in [5, 5.41) is 0. The fraction of sp³-hybridized carbons (Fsp3) is 0.143. The quantitative estimate of drug-likeness (QED) is 0.714. The van der Waals surface area contributed by atoms with Gasteiger partial charge >= 0.3 is 0 Å². The van der Waals surface area contributed by atoms with Crippen LogP contribution in [-0.4, -0.2) is 7.11 Å². The standard InChI is InChI=1S/C7H7BrOS/c1-9-7-4-5(10)2-3-6(7)8/h2-4,10H,1H3. The Morgan fingerprint density at radius 1 is 1.50 bits per heavy atom. The van der Waals surface area contributed by atoms with Crippen LogP contribution in [0.3, 0.4) is 0 Å². The molecule has 0 aliphatic carbocycles. The summed E-state index contributed by atoms with van der Waals surface area (Å²) in [6, 6.07) is 5.66. The largest absolute Gasteiger partial charge is 0.496 e. The fourth-order valence-corrected chi connectivity index (χ4v) is 1.25. The monoisotopic (exact) mass is 218 g/mol. The van der Waals surface area contributed by atoms with Gasteiger partial charge in [-0.15, -0.1) is 12.6 Å². The smallest absolute Gasteiger partial charge is 0.134 e. The molecule has 0 saturated carbocycles. The van der Waals surface area contributed by atoms with Crippen molar-refractivity contribution in [2.24, 2.45) is 0 Å². The molecule has 0 unspecified atom stereocenters. The number of hydrogen-bond acceptors (Lipinski definition) is 2. The normalized spacial score (nSPS) is 9.50. The Balaban J connectivity index is 3.09. The third-order valence-corrected chi connectivity index (χ3v) is 2.07. The first kappa shape index (κ1) is 7.95. The molecule has 0 heterocycles. The molecular weight excluding hydrogens is 212 g/mol. The van der Waals surface area contributed by atoms with E-state index in [-0.39, 0.29) is 0 Å². The average molecular weight is 219 g/mol. The molecule has 0 atom stereocenters. The molecule has 10 heavy (non-hydrogen) atoms. The molecule has 54 valence electrons. The van der Waals surface area contributed by atoms with Crippen LogP contribution in [0.1, 0.15) is 0 Å². The van der Waals surface area contributed by atoms with Crippen LogP contribution >= 0.6 is 28.6 Å². The second kappa shape index (κ2) is 3.30. The molecule has 0 aromatic heterocycles. The maximum Gasteiger partial charge on any atom is 0.134 e. The van der Waals surface area contributed by atoms with E-state index in [1.165, 1.54) is 0 Å². The third-order valence-electron chi connectivity index (χ3n) is 1.13. The van der Waals surface area contributed by atoms with Gasteiger partial charge in [-0.1, -0.05) is 0 Å². The summed E-state index contributed by atoms with van der Waals surface area (Å²) >= 11 is 7.49. The summed E-state index contributed by atoms with van der Waals surface area (Å²) in [4.78, 5) is 0.903. The second-order valence-corrected chi connectivity index (χ2v) is 3.19. The first-order valence-corrected chi connectivity index (χ1v) is 4.00. The molecule has 0 radical (unpaired) electrons. The van der Waals surface area contributed by atoms with E-state index in [1.807, 2.05) is 18.2 Å². The Kier molecular flexibility index (Phi) is 2.63. The van der Waals surface area contributed by atoms with Crippen molar-refractivity contribution in [2.75, 3.05) is 7.11 Å². The van der Waals surface area contributed by atoms with Crippen molar-refractivity contribution in [3.63, 3.8) is 0 Å². The van der Waals surface area contributed by atoms with E-state index in [1.54, 1.807) is 7.11 Å². The first-order chi connectivity index (χ1) is 4.74. The van der Waals surface area contributed by atoms with Crippen molar-refractivity contribution in [2.45, 2.75) is 4.90 Å². The van der Waals surface area contributed by atoms with Crippen molar-refractivity contribution in [1.29, 1.82) is 0 Å². The van der Waals surface area contributed by atoms with Crippen molar-refractivity contribution < 1.29 is 4.74 Å². The van der Waals surface area contributed by atoms with Crippen LogP contribution in [0.4, 0.5) is 0 Å². The lowest BCUT2D eigenvalue weighted by atomic mass is 10.3. The summed E-state index contributed by atoms with van der Waals surface area (Å²) in [5.74, 6) is 0.813. The maximum atomic E-state index is 5.03. The van der Waals surface area contributed by atoms with E-state index in [0.29, 0.717) is 0 Å². The molecule has 0 aliphatic rings. The number of thiol groups is 1. The summed E-state index contributed by atoms with van der Waals surface area (Å²) < 4.78 is 5.98. The van der Waals surface area contributed by atoms with E-state index >= 15 is 0 Å². The predicted molar refractivity (Wildman–Crippen MR) is 47.9 cm³/mol. The zero-order chi connectivity index (χ0) is 7.56. The lowest BCUT2D eigenvalue weighted by Crippen LogP contribution is -1.83. The minimum Gasteiger partial charge on any atom is -0.496 e. The number of hydrogen-bond donors (Lipinski definition) is 1. The molecule has 0 amide bonds. The van der Waals surface area contributed by atoms with Crippen molar-refractivity contribution >= 4 is 28.6 Å². The molecular formula is C7H7BrOS. The van der Waals surface area contributed by atoms with E-state index in [9.17, 15) is 0 Å². The molecule has 1 aromatic rings. The topological polar surface area (TPSA) is 9.23 Å². The zero-order valence-corrected chi connectivity index (χ0v) is 7.95. The summed E-state index contributed by atoms with van der Waals surface area (Å²) in [5.41, 5.74) is 0. The highest BCUT2D eigenvalue weighted by molar-refractivity contribution is 9.10. The Bertz CT molecular complexity index is 237. The van der Waals surface area contributed by atoms with Gasteiger partial charge in [-0.2, -0.15) is 0 Å². The zero-order valence-electron chi connectivity index (χ0n) is 5.47. The highest BCUT2D eigenvalue weighted by Gasteiger charge is 1.97. The van der Waals surface area contributed by atoms with Gasteiger partial charge in [0.2, 0.25) is 0 Å². The molecule has 1 nitrogen and oxygen atoms in total. The molecule has 3 heteroatoms. The summed E-state index contributed by atoms with van der Waals surface area (Å²) in [6.07, 6.45) is 0. The number of halogens is 1. The van der Waals surface area contributed by atoms with Gasteiger partial charge in [0.1, 0.15) is 5.75 Å². The maximum absolute atomic E-state index is 5.03. The lowest BCUT2D eigenvalue weighted by molar-refractivity contribution is 0.411. The van der Waals surface area contributed by atoms with E-state index in [4.69, 9.17) is 4.74 Å². The van der Waals surface area contributed by atoms with Crippen LogP contribution in [0.15, 0.2) is 27.6 Å². The molecule has 0 bridgehead atoms. The Labute approximate surface area is 73.9 Å². The summed E-state index contributed by atoms with van der Waals surface area (Å²) in [7, 11) is 1.63. The Hall–Kier alpha value is -0.150. The van der Waals surface area contributed by atoms with Gasteiger partial charge in [0.05, 0.1) is 11.6 Å². The molecule has 1 aromatic carbocycles. The molecule has 0 spiro atoms. The number of methoxy groups -OCH3 is 1. The van der Waals surface area contributed by atoms with Crippen LogP contribution < -0.4 is 4.74 Å². The predicted octanol–water partition coefficient (Wildman–Crippen LogP) is 2.75. The van der Waals surface area contributed by atoms with Crippen molar-refractivity contribution in [1.82, 2.24) is 0 Å². The summed E-state index contributed by atoms with van der Waals surface area (Å²) in [6.45, 7) is 0. The van der Waals surface area contributed by atoms with Gasteiger partial charge < -0.3 is 4.74 Å². The number of benzene rings is 1. The first-order valence-electron chi connectivity index (χ1n) is 2.76. The average Bonchev–Trinajstić information content (AvgIpc) is 1.94. The molecule has 0 N–H and O–H groups in total. The Morgan fingerprint density at radius 3 is 2.70 bits per heavy atom. The van der Waals surface area contributed by atoms with Crippen LogP contribution in [0.25, 0.3) is 0 Å². The molecule has 1 rings (SSSR count). The highest BCUT2D eigenvalue weighted by Crippen LogP contribution is 2.26. The number of rotatable bonds is 1. The minimum absolute atomic E-state index is 0.813. The van der Waals surface area contributed by atoms with Crippen LogP contribution in [0.5, 0.6) is 5.75 Å².